The third kappa shape index (κ3) is 3.14. The average Bonchev–Trinajstić information content (AvgIpc) is 3.10. The molecule has 1 aromatic heterocycles. The molecule has 2 aromatic carbocycles. The lowest BCUT2D eigenvalue weighted by Gasteiger charge is -2.25. The Kier molecular flexibility index (Phi) is 3.99. The number of halogens is 1. The summed E-state index contributed by atoms with van der Waals surface area (Å²) in [5.74, 6) is 0.928. The molecule has 0 bridgehead atoms. The molecule has 1 atom stereocenters. The fraction of sp³-hybridized carbons (Fsp3) is 0.118. The minimum atomic E-state index is -0.801. The topological polar surface area (TPSA) is 86.5 Å². The van der Waals surface area contributed by atoms with Crippen LogP contribution < -0.4 is 14.8 Å². The summed E-state index contributed by atoms with van der Waals surface area (Å²) in [6.07, 6.45) is -0.801. The minimum absolute atomic E-state index is 0.102. The summed E-state index contributed by atoms with van der Waals surface area (Å²) >= 11 is 5.88. The zero-order chi connectivity index (χ0) is 17.2. The van der Waals surface area contributed by atoms with E-state index in [-0.39, 0.29) is 12.4 Å². The maximum absolute atomic E-state index is 12.5. The van der Waals surface area contributed by atoms with Gasteiger partial charge in [0.05, 0.1) is 0 Å². The first-order valence-electron chi connectivity index (χ1n) is 7.48. The van der Waals surface area contributed by atoms with Gasteiger partial charge in [-0.15, -0.1) is 0 Å². The Labute approximate surface area is 147 Å². The van der Waals surface area contributed by atoms with E-state index in [2.05, 4.69) is 15.6 Å². The van der Waals surface area contributed by atoms with Crippen LogP contribution in [-0.4, -0.2) is 28.9 Å². The van der Waals surface area contributed by atoms with Crippen molar-refractivity contribution in [2.75, 3.05) is 11.9 Å². The Hall–Kier alpha value is -3.06. The van der Waals surface area contributed by atoms with E-state index in [1.807, 2.05) is 12.1 Å². The Morgan fingerprint density at radius 2 is 1.84 bits per heavy atom. The van der Waals surface area contributed by atoms with E-state index in [4.69, 9.17) is 25.7 Å². The summed E-state index contributed by atoms with van der Waals surface area (Å²) in [5, 5.41) is 10.8. The van der Waals surface area contributed by atoms with Crippen molar-refractivity contribution in [1.82, 2.24) is 10.3 Å². The van der Waals surface area contributed by atoms with Gasteiger partial charge in [0.15, 0.2) is 17.2 Å². The van der Waals surface area contributed by atoms with Crippen LogP contribution in [0.4, 0.5) is 5.82 Å². The molecular formula is C17H12ClN3O4. The van der Waals surface area contributed by atoms with Gasteiger partial charge in [0.2, 0.25) is 11.9 Å². The van der Waals surface area contributed by atoms with Crippen molar-refractivity contribution in [1.29, 1.82) is 0 Å². The Bertz CT molecular complexity index is 910. The maximum Gasteiger partial charge on any atom is 0.270 e. The molecule has 1 amide bonds. The van der Waals surface area contributed by atoms with Crippen LogP contribution in [0.1, 0.15) is 0 Å². The molecule has 3 aromatic rings. The number of hydrogen-bond donors (Lipinski definition) is 1. The Morgan fingerprint density at radius 1 is 1.08 bits per heavy atom. The molecule has 25 heavy (non-hydrogen) atoms. The van der Waals surface area contributed by atoms with E-state index in [9.17, 15) is 4.79 Å². The standard InChI is InChI=1S/C17H12ClN3O4/c18-11-7-5-10(6-8-11)15-16(21-25-20-15)19-17(22)14-9-23-12-3-1-2-4-13(12)24-14/h1-8,14H,9H2,(H,19,21,22)/t14-/m0/s1. The first-order valence-corrected chi connectivity index (χ1v) is 7.86. The van der Waals surface area contributed by atoms with Crippen LogP contribution in [0.15, 0.2) is 53.2 Å². The van der Waals surface area contributed by atoms with Gasteiger partial charge in [-0.1, -0.05) is 35.9 Å². The number of ether oxygens (including phenoxy) is 2. The van der Waals surface area contributed by atoms with Crippen molar-refractivity contribution >= 4 is 23.3 Å². The summed E-state index contributed by atoms with van der Waals surface area (Å²) in [7, 11) is 0. The molecule has 8 heteroatoms. The third-order valence-electron chi connectivity index (χ3n) is 3.65. The van der Waals surface area contributed by atoms with Crippen LogP contribution >= 0.6 is 11.6 Å². The number of carbonyl (C=O) groups is 1. The highest BCUT2D eigenvalue weighted by molar-refractivity contribution is 6.30. The maximum atomic E-state index is 12.5. The zero-order valence-electron chi connectivity index (χ0n) is 12.8. The molecule has 4 rings (SSSR count). The second kappa shape index (κ2) is 6.45. The Balaban J connectivity index is 1.51. The predicted octanol–water partition coefficient (Wildman–Crippen LogP) is 3.17. The first kappa shape index (κ1) is 15.5. The normalized spacial score (nSPS) is 15.6. The molecule has 1 aliphatic heterocycles. The summed E-state index contributed by atoms with van der Waals surface area (Å²) in [4.78, 5) is 12.5. The number of amides is 1. The Morgan fingerprint density at radius 3 is 2.64 bits per heavy atom. The van der Waals surface area contributed by atoms with Crippen LogP contribution in [0.3, 0.4) is 0 Å². The van der Waals surface area contributed by atoms with E-state index in [1.165, 1.54) is 0 Å². The smallest absolute Gasteiger partial charge is 0.270 e. The number of para-hydroxylation sites is 2. The quantitative estimate of drug-likeness (QED) is 0.774. The molecule has 0 aliphatic carbocycles. The second-order valence-corrected chi connectivity index (χ2v) is 5.76. The highest BCUT2D eigenvalue weighted by Crippen LogP contribution is 2.31. The van der Waals surface area contributed by atoms with Crippen LogP contribution in [0.2, 0.25) is 5.02 Å². The monoisotopic (exact) mass is 357 g/mol. The van der Waals surface area contributed by atoms with Gasteiger partial charge in [0, 0.05) is 10.6 Å². The summed E-state index contributed by atoms with van der Waals surface area (Å²) in [6.45, 7) is 0.102. The van der Waals surface area contributed by atoms with Gasteiger partial charge in [0.25, 0.3) is 5.91 Å². The van der Waals surface area contributed by atoms with Gasteiger partial charge in [-0.05, 0) is 34.6 Å². The van der Waals surface area contributed by atoms with E-state index in [0.29, 0.717) is 27.8 Å². The van der Waals surface area contributed by atoms with Crippen molar-refractivity contribution in [2.45, 2.75) is 6.10 Å². The number of rotatable bonds is 3. The lowest BCUT2D eigenvalue weighted by molar-refractivity contribution is -0.125. The zero-order valence-corrected chi connectivity index (χ0v) is 13.6. The van der Waals surface area contributed by atoms with E-state index in [1.54, 1.807) is 36.4 Å². The van der Waals surface area contributed by atoms with Gasteiger partial charge in [0.1, 0.15) is 6.61 Å². The van der Waals surface area contributed by atoms with Crippen molar-refractivity contribution in [3.63, 3.8) is 0 Å². The summed E-state index contributed by atoms with van der Waals surface area (Å²) in [6, 6.07) is 14.1. The van der Waals surface area contributed by atoms with E-state index < -0.39 is 12.0 Å². The first-order chi connectivity index (χ1) is 12.2. The second-order valence-electron chi connectivity index (χ2n) is 5.32. The molecule has 2 heterocycles. The molecule has 0 saturated carbocycles. The number of aromatic nitrogens is 2. The molecule has 126 valence electrons. The van der Waals surface area contributed by atoms with Crippen LogP contribution in [0.25, 0.3) is 11.3 Å². The summed E-state index contributed by atoms with van der Waals surface area (Å²) in [5.41, 5.74) is 1.12. The number of anilines is 1. The summed E-state index contributed by atoms with van der Waals surface area (Å²) < 4.78 is 16.0. The molecule has 7 nitrogen and oxygen atoms in total. The number of hydrogen-bond acceptors (Lipinski definition) is 6. The highest BCUT2D eigenvalue weighted by Gasteiger charge is 2.29. The third-order valence-corrected chi connectivity index (χ3v) is 3.90. The van der Waals surface area contributed by atoms with Crippen LogP contribution in [-0.2, 0) is 4.79 Å². The molecule has 0 fully saturated rings. The molecule has 1 N–H and O–H groups in total. The van der Waals surface area contributed by atoms with Gasteiger partial charge in [-0.3, -0.25) is 4.79 Å². The van der Waals surface area contributed by atoms with E-state index in [0.717, 1.165) is 0 Å². The van der Waals surface area contributed by atoms with E-state index >= 15 is 0 Å². The lowest BCUT2D eigenvalue weighted by atomic mass is 10.1. The van der Waals surface area contributed by atoms with Crippen molar-refractivity contribution < 1.29 is 18.9 Å². The fourth-order valence-electron chi connectivity index (χ4n) is 2.41. The molecule has 0 spiro atoms. The van der Waals surface area contributed by atoms with Crippen molar-refractivity contribution in [2.24, 2.45) is 0 Å². The number of nitrogens with one attached hydrogen (secondary N) is 1. The molecule has 0 saturated heterocycles. The average molecular weight is 358 g/mol. The lowest BCUT2D eigenvalue weighted by Crippen LogP contribution is -2.40. The van der Waals surface area contributed by atoms with Gasteiger partial charge >= 0.3 is 0 Å². The number of benzene rings is 2. The molecule has 0 unspecified atom stereocenters. The van der Waals surface area contributed by atoms with Crippen LogP contribution in [0.5, 0.6) is 11.5 Å². The largest absolute Gasteiger partial charge is 0.485 e. The SMILES string of the molecule is O=C(Nc1nonc1-c1ccc(Cl)cc1)[C@@H]1COc2ccccc2O1. The van der Waals surface area contributed by atoms with Crippen molar-refractivity contribution in [3.8, 4) is 22.8 Å². The van der Waals surface area contributed by atoms with Gasteiger partial charge in [-0.25, -0.2) is 4.63 Å². The molecule has 0 radical (unpaired) electrons. The van der Waals surface area contributed by atoms with Gasteiger partial charge in [-0.2, -0.15) is 0 Å². The van der Waals surface area contributed by atoms with Gasteiger partial charge < -0.3 is 14.8 Å². The fourth-order valence-corrected chi connectivity index (χ4v) is 2.54. The number of fused-ring (bicyclic) bond motifs is 1. The number of carbonyl (C=O) groups excluding carboxylic acids is 1. The highest BCUT2D eigenvalue weighted by atomic mass is 35.5. The predicted molar refractivity (Wildman–Crippen MR) is 89.7 cm³/mol. The molecule has 1 aliphatic rings. The minimum Gasteiger partial charge on any atom is -0.485 e. The number of nitrogens with zero attached hydrogens (tertiary/aromatic N) is 2. The molecular weight excluding hydrogens is 346 g/mol. The van der Waals surface area contributed by atoms with Crippen LogP contribution in [0, 0.1) is 0 Å². The van der Waals surface area contributed by atoms with Crippen molar-refractivity contribution in [3.05, 3.63) is 53.6 Å².